The van der Waals surface area contributed by atoms with Gasteiger partial charge in [0.25, 0.3) is 5.91 Å². The molecular weight excluding hydrogens is 336 g/mol. The lowest BCUT2D eigenvalue weighted by Gasteiger charge is -2.00. The molecule has 5 nitrogen and oxygen atoms in total. The third kappa shape index (κ3) is 3.97. The average molecular weight is 352 g/mol. The first kappa shape index (κ1) is 17.0. The second kappa shape index (κ2) is 7.36. The highest BCUT2D eigenvalue weighted by Crippen LogP contribution is 2.29. The molecule has 0 aromatic heterocycles. The lowest BCUT2D eigenvalue weighted by Crippen LogP contribution is -2.19. The lowest BCUT2D eigenvalue weighted by atomic mass is 10.1. The van der Waals surface area contributed by atoms with Crippen molar-refractivity contribution in [1.82, 2.24) is 5.32 Å². The fourth-order valence-corrected chi connectivity index (χ4v) is 3.10. The predicted octanol–water partition coefficient (Wildman–Crippen LogP) is 3.67. The van der Waals surface area contributed by atoms with E-state index in [2.05, 4.69) is 15.0 Å². The van der Waals surface area contributed by atoms with E-state index in [-0.39, 0.29) is 11.9 Å². The number of ether oxygens (including phenoxy) is 1. The first-order valence-electron chi connectivity index (χ1n) is 7.60. The zero-order valence-corrected chi connectivity index (χ0v) is 14.6. The number of rotatable bonds is 3. The third-order valence-electron chi connectivity index (χ3n) is 3.62. The number of aliphatic imine (C=N–C) groups is 1. The van der Waals surface area contributed by atoms with E-state index in [4.69, 9.17) is 0 Å². The van der Waals surface area contributed by atoms with Gasteiger partial charge in [-0.1, -0.05) is 30.3 Å². The van der Waals surface area contributed by atoms with Gasteiger partial charge in [0, 0.05) is 0 Å². The average Bonchev–Trinajstić information content (AvgIpc) is 2.96. The van der Waals surface area contributed by atoms with Crippen LogP contribution in [0.15, 0.2) is 58.4 Å². The molecule has 1 heterocycles. The van der Waals surface area contributed by atoms with Crippen LogP contribution >= 0.6 is 11.8 Å². The number of benzene rings is 2. The van der Waals surface area contributed by atoms with Gasteiger partial charge in [0.2, 0.25) is 0 Å². The molecule has 2 aromatic rings. The Morgan fingerprint density at radius 2 is 1.88 bits per heavy atom. The summed E-state index contributed by atoms with van der Waals surface area (Å²) in [7, 11) is 1.34. The van der Waals surface area contributed by atoms with Crippen LogP contribution in [0.5, 0.6) is 0 Å². The SMILES string of the molecule is COC(=O)c1ccc(/C=C2\SC(=Nc3ccccc3C)NC2=O)cc1. The van der Waals surface area contributed by atoms with Gasteiger partial charge in [0.1, 0.15) is 0 Å². The fourth-order valence-electron chi connectivity index (χ4n) is 2.26. The maximum Gasteiger partial charge on any atom is 0.337 e. The molecule has 3 rings (SSSR count). The summed E-state index contributed by atoms with van der Waals surface area (Å²) in [6.07, 6.45) is 1.77. The van der Waals surface area contributed by atoms with Crippen molar-refractivity contribution >= 4 is 40.6 Å². The van der Waals surface area contributed by atoms with E-state index in [9.17, 15) is 9.59 Å². The largest absolute Gasteiger partial charge is 0.465 e. The van der Waals surface area contributed by atoms with Crippen LogP contribution in [0.1, 0.15) is 21.5 Å². The smallest absolute Gasteiger partial charge is 0.337 e. The molecular formula is C19H16N2O3S. The van der Waals surface area contributed by atoms with Crippen molar-refractivity contribution in [2.24, 2.45) is 4.99 Å². The maximum atomic E-state index is 12.1. The molecule has 1 aliphatic rings. The molecule has 1 N–H and O–H groups in total. The van der Waals surface area contributed by atoms with Gasteiger partial charge in [0.05, 0.1) is 23.3 Å². The van der Waals surface area contributed by atoms with E-state index < -0.39 is 0 Å². The minimum Gasteiger partial charge on any atom is -0.465 e. The number of carbonyl (C=O) groups excluding carboxylic acids is 2. The topological polar surface area (TPSA) is 67.8 Å². The number of amidine groups is 1. The van der Waals surface area contributed by atoms with E-state index in [0.717, 1.165) is 16.8 Å². The van der Waals surface area contributed by atoms with Crippen LogP contribution in [0, 0.1) is 6.92 Å². The van der Waals surface area contributed by atoms with Gasteiger partial charge in [-0.05, 0) is 54.1 Å². The van der Waals surface area contributed by atoms with E-state index in [1.165, 1.54) is 18.9 Å². The number of hydrogen-bond donors (Lipinski definition) is 1. The van der Waals surface area contributed by atoms with Crippen molar-refractivity contribution < 1.29 is 14.3 Å². The summed E-state index contributed by atoms with van der Waals surface area (Å²) in [6, 6.07) is 14.6. The number of esters is 1. The quantitative estimate of drug-likeness (QED) is 0.676. The summed E-state index contributed by atoms with van der Waals surface area (Å²) in [5.41, 5.74) is 3.16. The molecule has 6 heteroatoms. The number of thioether (sulfide) groups is 1. The highest BCUT2D eigenvalue weighted by molar-refractivity contribution is 8.18. The number of nitrogens with zero attached hydrogens (tertiary/aromatic N) is 1. The van der Waals surface area contributed by atoms with Gasteiger partial charge in [-0.25, -0.2) is 9.79 Å². The number of hydrogen-bond acceptors (Lipinski definition) is 5. The molecule has 1 amide bonds. The number of para-hydroxylation sites is 1. The van der Waals surface area contributed by atoms with Crippen LogP contribution in [0.4, 0.5) is 5.69 Å². The Kier molecular flexibility index (Phi) is 5.00. The number of aryl methyl sites for hydroxylation is 1. The molecule has 1 aliphatic heterocycles. The first-order chi connectivity index (χ1) is 12.1. The lowest BCUT2D eigenvalue weighted by molar-refractivity contribution is -0.115. The number of nitrogens with one attached hydrogen (secondary N) is 1. The van der Waals surface area contributed by atoms with Crippen molar-refractivity contribution in [3.63, 3.8) is 0 Å². The molecule has 0 unspecified atom stereocenters. The summed E-state index contributed by atoms with van der Waals surface area (Å²) in [6.45, 7) is 1.97. The van der Waals surface area contributed by atoms with E-state index in [0.29, 0.717) is 15.6 Å². The van der Waals surface area contributed by atoms with Crippen molar-refractivity contribution in [3.8, 4) is 0 Å². The van der Waals surface area contributed by atoms with Crippen LogP contribution < -0.4 is 5.32 Å². The monoisotopic (exact) mass is 352 g/mol. The summed E-state index contributed by atoms with van der Waals surface area (Å²) in [5, 5.41) is 3.32. The number of amides is 1. The first-order valence-corrected chi connectivity index (χ1v) is 8.42. The molecule has 0 radical (unpaired) electrons. The zero-order valence-electron chi connectivity index (χ0n) is 13.8. The number of carbonyl (C=O) groups is 2. The molecule has 25 heavy (non-hydrogen) atoms. The Hall–Kier alpha value is -2.86. The van der Waals surface area contributed by atoms with E-state index in [1.807, 2.05) is 31.2 Å². The molecule has 0 spiro atoms. The minimum atomic E-state index is -0.389. The summed E-state index contributed by atoms with van der Waals surface area (Å²) in [4.78, 5) is 28.6. The van der Waals surface area contributed by atoms with Crippen LogP contribution in [0.2, 0.25) is 0 Å². The van der Waals surface area contributed by atoms with Crippen LogP contribution in [0.3, 0.4) is 0 Å². The third-order valence-corrected chi connectivity index (χ3v) is 4.53. The van der Waals surface area contributed by atoms with Gasteiger partial charge in [0.15, 0.2) is 5.17 Å². The van der Waals surface area contributed by atoms with Crippen molar-refractivity contribution in [1.29, 1.82) is 0 Å². The van der Waals surface area contributed by atoms with E-state index in [1.54, 1.807) is 30.3 Å². The standard InChI is InChI=1S/C19H16N2O3S/c1-12-5-3-4-6-15(12)20-19-21-17(22)16(25-19)11-13-7-9-14(10-8-13)18(23)24-2/h3-11H,1-2H3,(H,20,21,22)/b16-11-. The molecule has 126 valence electrons. The Balaban J connectivity index is 1.80. The second-order valence-corrected chi connectivity index (χ2v) is 6.41. The maximum absolute atomic E-state index is 12.1. The Morgan fingerprint density at radius 3 is 2.56 bits per heavy atom. The fraction of sp³-hybridized carbons (Fsp3) is 0.105. The van der Waals surface area contributed by atoms with Crippen LogP contribution in [-0.2, 0) is 9.53 Å². The Morgan fingerprint density at radius 1 is 1.16 bits per heavy atom. The molecule has 2 aromatic carbocycles. The van der Waals surface area contributed by atoms with Crippen molar-refractivity contribution in [3.05, 3.63) is 70.1 Å². The predicted molar refractivity (Wildman–Crippen MR) is 99.8 cm³/mol. The summed E-state index contributed by atoms with van der Waals surface area (Å²) < 4.78 is 4.67. The molecule has 0 atom stereocenters. The van der Waals surface area contributed by atoms with Gasteiger partial charge in [-0.3, -0.25) is 4.79 Å². The summed E-state index contributed by atoms with van der Waals surface area (Å²) >= 11 is 1.29. The second-order valence-electron chi connectivity index (χ2n) is 5.38. The molecule has 1 fully saturated rings. The van der Waals surface area contributed by atoms with Gasteiger partial charge >= 0.3 is 5.97 Å². The normalized spacial score (nSPS) is 17.0. The van der Waals surface area contributed by atoms with E-state index >= 15 is 0 Å². The Bertz CT molecular complexity index is 886. The van der Waals surface area contributed by atoms with Gasteiger partial charge in [-0.2, -0.15) is 0 Å². The van der Waals surface area contributed by atoms with Crippen LogP contribution in [0.25, 0.3) is 6.08 Å². The zero-order chi connectivity index (χ0) is 17.8. The minimum absolute atomic E-state index is 0.186. The van der Waals surface area contributed by atoms with Gasteiger partial charge in [-0.15, -0.1) is 0 Å². The number of methoxy groups -OCH3 is 1. The highest BCUT2D eigenvalue weighted by atomic mass is 32.2. The molecule has 0 aliphatic carbocycles. The molecule has 0 saturated carbocycles. The molecule has 1 saturated heterocycles. The van der Waals surface area contributed by atoms with Gasteiger partial charge < -0.3 is 10.1 Å². The Labute approximate surface area is 149 Å². The molecule has 0 bridgehead atoms. The highest BCUT2D eigenvalue weighted by Gasteiger charge is 2.23. The summed E-state index contributed by atoms with van der Waals surface area (Å²) in [5.74, 6) is -0.575. The van der Waals surface area contributed by atoms with Crippen molar-refractivity contribution in [2.45, 2.75) is 6.92 Å². The van der Waals surface area contributed by atoms with Crippen LogP contribution in [-0.4, -0.2) is 24.2 Å². The van der Waals surface area contributed by atoms with Crippen molar-refractivity contribution in [2.75, 3.05) is 7.11 Å².